The standard InChI is InChI=1S/C22H23O2P/c1-4-12-20(13-5-1)14-10-11-19-25(23-21-15-6-2-7-16-21)24-22-17-8-3-9-18-22/h1-9,12-13,15-18H,10-11,14,19H2. The van der Waals surface area contributed by atoms with Crippen molar-refractivity contribution in [2.45, 2.75) is 19.3 Å². The SMILES string of the molecule is c1ccc(CCCCP(Oc2ccccc2)Oc2ccccc2)cc1. The number of benzene rings is 3. The van der Waals surface area contributed by atoms with Crippen LogP contribution >= 0.6 is 8.38 Å². The molecular formula is C22H23O2P. The first kappa shape index (κ1) is 17.5. The molecular weight excluding hydrogens is 327 g/mol. The first-order valence-corrected chi connectivity index (χ1v) is 10.0. The Balaban J connectivity index is 1.54. The van der Waals surface area contributed by atoms with Crippen molar-refractivity contribution in [3.8, 4) is 11.5 Å². The van der Waals surface area contributed by atoms with Crippen LogP contribution in [-0.4, -0.2) is 6.16 Å². The summed E-state index contributed by atoms with van der Waals surface area (Å²) in [7, 11) is -0.994. The van der Waals surface area contributed by atoms with Crippen molar-refractivity contribution in [2.75, 3.05) is 6.16 Å². The second-order valence-corrected chi connectivity index (χ2v) is 7.29. The Morgan fingerprint density at radius 3 is 1.56 bits per heavy atom. The third kappa shape index (κ3) is 6.25. The van der Waals surface area contributed by atoms with Gasteiger partial charge in [-0.25, -0.2) is 0 Å². The number of hydrogen-bond donors (Lipinski definition) is 0. The summed E-state index contributed by atoms with van der Waals surface area (Å²) in [5, 5.41) is 0. The van der Waals surface area contributed by atoms with Crippen molar-refractivity contribution in [1.82, 2.24) is 0 Å². The Bertz CT molecular complexity index is 675. The Morgan fingerprint density at radius 2 is 1.04 bits per heavy atom. The van der Waals surface area contributed by atoms with Gasteiger partial charge in [-0.15, -0.1) is 0 Å². The second-order valence-electron chi connectivity index (χ2n) is 5.81. The molecule has 0 unspecified atom stereocenters. The Kier molecular flexibility index (Phi) is 6.90. The molecule has 3 heteroatoms. The molecule has 128 valence electrons. The highest BCUT2D eigenvalue weighted by Gasteiger charge is 2.14. The Labute approximate surface area is 151 Å². The zero-order valence-corrected chi connectivity index (χ0v) is 15.1. The van der Waals surface area contributed by atoms with E-state index in [1.807, 2.05) is 60.7 Å². The Morgan fingerprint density at radius 1 is 0.560 bits per heavy atom. The van der Waals surface area contributed by atoms with E-state index in [0.717, 1.165) is 36.9 Å². The summed E-state index contributed by atoms with van der Waals surface area (Å²) in [4.78, 5) is 0. The van der Waals surface area contributed by atoms with Crippen molar-refractivity contribution in [3.05, 3.63) is 96.6 Å². The van der Waals surface area contributed by atoms with Crippen LogP contribution in [0.2, 0.25) is 0 Å². The third-order valence-corrected chi connectivity index (χ3v) is 5.31. The largest absolute Gasteiger partial charge is 0.439 e. The molecule has 0 fully saturated rings. The zero-order chi connectivity index (χ0) is 17.2. The van der Waals surface area contributed by atoms with Gasteiger partial charge >= 0.3 is 0 Å². The molecule has 0 N–H and O–H groups in total. The summed E-state index contributed by atoms with van der Waals surface area (Å²) in [5.41, 5.74) is 1.39. The molecule has 3 rings (SSSR count). The molecule has 0 atom stereocenters. The number of rotatable bonds is 9. The molecule has 3 aromatic carbocycles. The maximum absolute atomic E-state index is 6.11. The lowest BCUT2D eigenvalue weighted by Gasteiger charge is -2.18. The number of unbranched alkanes of at least 4 members (excludes halogenated alkanes) is 1. The summed E-state index contributed by atoms with van der Waals surface area (Å²) in [5.74, 6) is 1.74. The molecule has 0 saturated carbocycles. The molecule has 0 aliphatic heterocycles. The fraction of sp³-hybridized carbons (Fsp3) is 0.182. The van der Waals surface area contributed by atoms with Crippen LogP contribution < -0.4 is 9.05 Å². The molecule has 0 saturated heterocycles. The quantitative estimate of drug-likeness (QED) is 0.325. The van der Waals surface area contributed by atoms with E-state index in [2.05, 4.69) is 30.3 Å². The molecule has 25 heavy (non-hydrogen) atoms. The van der Waals surface area contributed by atoms with Crippen molar-refractivity contribution in [2.24, 2.45) is 0 Å². The van der Waals surface area contributed by atoms with Crippen LogP contribution in [0.15, 0.2) is 91.0 Å². The van der Waals surface area contributed by atoms with Crippen LogP contribution in [-0.2, 0) is 6.42 Å². The van der Waals surface area contributed by atoms with Crippen LogP contribution in [0.4, 0.5) is 0 Å². The minimum atomic E-state index is -0.994. The summed E-state index contributed by atoms with van der Waals surface area (Å²) in [6.07, 6.45) is 4.24. The molecule has 0 spiro atoms. The highest BCUT2D eigenvalue weighted by molar-refractivity contribution is 7.48. The molecule has 0 aromatic heterocycles. The lowest BCUT2D eigenvalue weighted by molar-refractivity contribution is 0.486. The van der Waals surface area contributed by atoms with Crippen LogP contribution in [0.25, 0.3) is 0 Å². The maximum Gasteiger partial charge on any atom is 0.290 e. The number of aryl methyl sites for hydroxylation is 1. The third-order valence-electron chi connectivity index (χ3n) is 3.80. The van der Waals surface area contributed by atoms with E-state index in [4.69, 9.17) is 9.05 Å². The topological polar surface area (TPSA) is 18.5 Å². The lowest BCUT2D eigenvalue weighted by Crippen LogP contribution is -2.01. The van der Waals surface area contributed by atoms with E-state index in [-0.39, 0.29) is 0 Å². The molecule has 3 aromatic rings. The predicted octanol–water partition coefficient (Wildman–Crippen LogP) is 6.48. The van der Waals surface area contributed by atoms with Crippen molar-refractivity contribution >= 4 is 8.38 Å². The molecule has 0 radical (unpaired) electrons. The highest BCUT2D eigenvalue weighted by Crippen LogP contribution is 2.41. The number of para-hydroxylation sites is 2. The molecule has 0 heterocycles. The molecule has 0 amide bonds. The van der Waals surface area contributed by atoms with Gasteiger partial charge in [-0.3, -0.25) is 0 Å². The van der Waals surface area contributed by atoms with E-state index in [9.17, 15) is 0 Å². The van der Waals surface area contributed by atoms with Crippen LogP contribution in [0, 0.1) is 0 Å². The van der Waals surface area contributed by atoms with Gasteiger partial charge in [-0.05, 0) is 49.1 Å². The second kappa shape index (κ2) is 9.86. The van der Waals surface area contributed by atoms with Crippen molar-refractivity contribution in [1.29, 1.82) is 0 Å². The van der Waals surface area contributed by atoms with Gasteiger partial charge in [0.25, 0.3) is 8.38 Å². The summed E-state index contributed by atoms with van der Waals surface area (Å²) < 4.78 is 12.2. The van der Waals surface area contributed by atoms with Gasteiger partial charge in [-0.2, -0.15) is 0 Å². The van der Waals surface area contributed by atoms with Crippen molar-refractivity contribution in [3.63, 3.8) is 0 Å². The monoisotopic (exact) mass is 350 g/mol. The smallest absolute Gasteiger partial charge is 0.290 e. The van der Waals surface area contributed by atoms with E-state index < -0.39 is 8.38 Å². The first-order valence-electron chi connectivity index (χ1n) is 8.68. The fourth-order valence-electron chi connectivity index (χ4n) is 2.52. The fourth-order valence-corrected chi connectivity index (χ4v) is 3.94. The minimum Gasteiger partial charge on any atom is -0.439 e. The maximum atomic E-state index is 6.11. The van der Waals surface area contributed by atoms with Gasteiger partial charge in [0.1, 0.15) is 11.5 Å². The van der Waals surface area contributed by atoms with E-state index in [1.54, 1.807) is 0 Å². The van der Waals surface area contributed by atoms with Gasteiger partial charge in [0.05, 0.1) is 0 Å². The van der Waals surface area contributed by atoms with Gasteiger partial charge in [0.15, 0.2) is 0 Å². The average Bonchev–Trinajstić information content (AvgIpc) is 2.67. The number of hydrogen-bond acceptors (Lipinski definition) is 2. The zero-order valence-electron chi connectivity index (χ0n) is 14.3. The van der Waals surface area contributed by atoms with E-state index >= 15 is 0 Å². The summed E-state index contributed by atoms with van der Waals surface area (Å²) in [6.45, 7) is 0. The molecule has 2 nitrogen and oxygen atoms in total. The van der Waals surface area contributed by atoms with Gasteiger partial charge in [-0.1, -0.05) is 66.7 Å². The molecule has 0 aliphatic carbocycles. The first-order chi connectivity index (χ1) is 12.4. The summed E-state index contributed by atoms with van der Waals surface area (Å²) >= 11 is 0. The van der Waals surface area contributed by atoms with E-state index in [0.29, 0.717) is 0 Å². The van der Waals surface area contributed by atoms with Crippen LogP contribution in [0.3, 0.4) is 0 Å². The lowest BCUT2D eigenvalue weighted by atomic mass is 10.1. The molecule has 0 aliphatic rings. The average molecular weight is 350 g/mol. The van der Waals surface area contributed by atoms with Crippen molar-refractivity contribution < 1.29 is 9.05 Å². The highest BCUT2D eigenvalue weighted by atomic mass is 31.2. The van der Waals surface area contributed by atoms with Gasteiger partial charge in [0, 0.05) is 6.16 Å². The molecule has 0 bridgehead atoms. The normalized spacial score (nSPS) is 10.6. The summed E-state index contributed by atoms with van der Waals surface area (Å²) in [6, 6.07) is 30.5. The Hall–Kier alpha value is -2.31. The predicted molar refractivity (Wildman–Crippen MR) is 105 cm³/mol. The van der Waals surface area contributed by atoms with E-state index in [1.165, 1.54) is 5.56 Å². The van der Waals surface area contributed by atoms with Gasteiger partial charge in [0.2, 0.25) is 0 Å². The van der Waals surface area contributed by atoms with Crippen LogP contribution in [0.1, 0.15) is 18.4 Å². The van der Waals surface area contributed by atoms with Gasteiger partial charge < -0.3 is 9.05 Å². The minimum absolute atomic E-state index is 0.868. The van der Waals surface area contributed by atoms with Crippen LogP contribution in [0.5, 0.6) is 11.5 Å².